The molecular formula is C16H14ClN5. The maximum absolute atomic E-state index is 6.13. The van der Waals surface area contributed by atoms with E-state index in [0.29, 0.717) is 11.0 Å². The standard InChI is InChI=1S/C16H14ClN5/c17-12-4-1-3-11(9-12)15-13-10-18-8-5-14(13)22(21-15)16-19-6-2-7-20-16/h1-4,6-7,9,18H,5,8,10H2. The first-order valence-electron chi connectivity index (χ1n) is 7.18. The van der Waals surface area contributed by atoms with Crippen LogP contribution in [0, 0.1) is 0 Å². The predicted molar refractivity (Wildman–Crippen MR) is 85.0 cm³/mol. The molecule has 4 rings (SSSR count). The van der Waals surface area contributed by atoms with Gasteiger partial charge in [-0.25, -0.2) is 14.6 Å². The summed E-state index contributed by atoms with van der Waals surface area (Å²) in [5.41, 5.74) is 4.32. The molecule has 5 nitrogen and oxygen atoms in total. The van der Waals surface area contributed by atoms with Crippen molar-refractivity contribution in [3.05, 3.63) is 59.0 Å². The van der Waals surface area contributed by atoms with E-state index >= 15 is 0 Å². The van der Waals surface area contributed by atoms with Gasteiger partial charge in [0.15, 0.2) is 0 Å². The number of aromatic nitrogens is 4. The van der Waals surface area contributed by atoms with Gasteiger partial charge in [-0.1, -0.05) is 23.7 Å². The van der Waals surface area contributed by atoms with Crippen LogP contribution in [0.1, 0.15) is 11.3 Å². The minimum Gasteiger partial charge on any atom is -0.312 e. The van der Waals surface area contributed by atoms with Gasteiger partial charge in [0.25, 0.3) is 5.95 Å². The zero-order valence-electron chi connectivity index (χ0n) is 11.8. The second-order valence-corrected chi connectivity index (χ2v) is 5.61. The van der Waals surface area contributed by atoms with Gasteiger partial charge in [-0.2, -0.15) is 5.10 Å². The topological polar surface area (TPSA) is 55.6 Å². The molecule has 1 N–H and O–H groups in total. The van der Waals surface area contributed by atoms with Crippen molar-refractivity contribution in [2.45, 2.75) is 13.0 Å². The quantitative estimate of drug-likeness (QED) is 0.790. The van der Waals surface area contributed by atoms with Crippen LogP contribution in [0.3, 0.4) is 0 Å². The average Bonchev–Trinajstić information content (AvgIpc) is 2.95. The molecule has 0 saturated carbocycles. The summed E-state index contributed by atoms with van der Waals surface area (Å²) in [5.74, 6) is 0.605. The minimum atomic E-state index is 0.605. The lowest BCUT2D eigenvalue weighted by Crippen LogP contribution is -2.25. The van der Waals surface area contributed by atoms with Crippen molar-refractivity contribution < 1.29 is 0 Å². The lowest BCUT2D eigenvalue weighted by Gasteiger charge is -2.15. The highest BCUT2D eigenvalue weighted by molar-refractivity contribution is 6.30. The minimum absolute atomic E-state index is 0.605. The summed E-state index contributed by atoms with van der Waals surface area (Å²) in [6, 6.07) is 9.58. The van der Waals surface area contributed by atoms with Gasteiger partial charge in [0.2, 0.25) is 0 Å². The Bertz CT molecular complexity index is 813. The molecule has 0 fully saturated rings. The van der Waals surface area contributed by atoms with Crippen LogP contribution >= 0.6 is 11.6 Å². The fourth-order valence-corrected chi connectivity index (χ4v) is 2.97. The van der Waals surface area contributed by atoms with Crippen LogP contribution in [0.2, 0.25) is 5.02 Å². The summed E-state index contributed by atoms with van der Waals surface area (Å²) < 4.78 is 1.85. The van der Waals surface area contributed by atoms with E-state index in [1.54, 1.807) is 18.5 Å². The molecule has 6 heteroatoms. The van der Waals surface area contributed by atoms with Gasteiger partial charge >= 0.3 is 0 Å². The van der Waals surface area contributed by atoms with Crippen molar-refractivity contribution >= 4 is 11.6 Å². The third-order valence-electron chi connectivity index (χ3n) is 3.77. The summed E-state index contributed by atoms with van der Waals surface area (Å²) in [4.78, 5) is 8.65. The van der Waals surface area contributed by atoms with Crippen LogP contribution in [-0.2, 0) is 13.0 Å². The number of fused-ring (bicyclic) bond motifs is 1. The van der Waals surface area contributed by atoms with Crippen molar-refractivity contribution in [2.75, 3.05) is 6.54 Å². The molecule has 0 atom stereocenters. The van der Waals surface area contributed by atoms with Gasteiger partial charge in [0, 0.05) is 48.1 Å². The highest BCUT2D eigenvalue weighted by Crippen LogP contribution is 2.30. The Morgan fingerprint density at radius 3 is 2.82 bits per heavy atom. The molecule has 0 saturated heterocycles. The Kier molecular flexibility index (Phi) is 3.36. The van der Waals surface area contributed by atoms with E-state index in [2.05, 4.69) is 15.3 Å². The number of hydrogen-bond donors (Lipinski definition) is 1. The van der Waals surface area contributed by atoms with Crippen LogP contribution in [0.4, 0.5) is 0 Å². The van der Waals surface area contributed by atoms with E-state index in [4.69, 9.17) is 16.7 Å². The van der Waals surface area contributed by atoms with Crippen molar-refractivity contribution in [1.29, 1.82) is 0 Å². The number of halogens is 1. The van der Waals surface area contributed by atoms with E-state index in [9.17, 15) is 0 Å². The summed E-state index contributed by atoms with van der Waals surface area (Å²) >= 11 is 6.13. The molecule has 0 unspecified atom stereocenters. The fourth-order valence-electron chi connectivity index (χ4n) is 2.78. The first-order valence-corrected chi connectivity index (χ1v) is 7.55. The Hall–Kier alpha value is -2.24. The van der Waals surface area contributed by atoms with Gasteiger partial charge in [0.1, 0.15) is 0 Å². The maximum Gasteiger partial charge on any atom is 0.250 e. The average molecular weight is 312 g/mol. The van der Waals surface area contributed by atoms with E-state index in [-0.39, 0.29) is 0 Å². The predicted octanol–water partition coefficient (Wildman–Crippen LogP) is 2.63. The van der Waals surface area contributed by atoms with Gasteiger partial charge < -0.3 is 5.32 Å². The number of nitrogens with one attached hydrogen (secondary N) is 1. The monoisotopic (exact) mass is 311 g/mol. The molecule has 22 heavy (non-hydrogen) atoms. The number of nitrogens with zero attached hydrogens (tertiary/aromatic N) is 4. The van der Waals surface area contributed by atoms with Crippen LogP contribution in [0.15, 0.2) is 42.7 Å². The second kappa shape index (κ2) is 5.51. The highest BCUT2D eigenvalue weighted by atomic mass is 35.5. The lowest BCUT2D eigenvalue weighted by molar-refractivity contribution is 0.617. The van der Waals surface area contributed by atoms with Crippen LogP contribution in [-0.4, -0.2) is 26.3 Å². The molecule has 3 aromatic rings. The molecule has 1 aliphatic heterocycles. The summed E-state index contributed by atoms with van der Waals surface area (Å²) in [6.45, 7) is 1.73. The zero-order chi connectivity index (χ0) is 14.9. The summed E-state index contributed by atoms with van der Waals surface area (Å²) in [7, 11) is 0. The normalized spacial score (nSPS) is 13.9. The van der Waals surface area contributed by atoms with Gasteiger partial charge in [-0.05, 0) is 18.2 Å². The molecule has 0 aliphatic carbocycles. The van der Waals surface area contributed by atoms with E-state index in [0.717, 1.165) is 30.8 Å². The smallest absolute Gasteiger partial charge is 0.250 e. The lowest BCUT2D eigenvalue weighted by atomic mass is 10.0. The van der Waals surface area contributed by atoms with Crippen LogP contribution in [0.25, 0.3) is 17.2 Å². The molecule has 0 bridgehead atoms. The summed E-state index contributed by atoms with van der Waals surface area (Å²) in [5, 5.41) is 8.88. The highest BCUT2D eigenvalue weighted by Gasteiger charge is 2.23. The maximum atomic E-state index is 6.13. The molecule has 0 spiro atoms. The second-order valence-electron chi connectivity index (χ2n) is 5.17. The fraction of sp³-hybridized carbons (Fsp3) is 0.188. The van der Waals surface area contributed by atoms with Crippen molar-refractivity contribution in [3.63, 3.8) is 0 Å². The van der Waals surface area contributed by atoms with Gasteiger partial charge in [0.05, 0.1) is 11.4 Å². The molecule has 0 amide bonds. The molecule has 3 heterocycles. The third-order valence-corrected chi connectivity index (χ3v) is 4.00. The summed E-state index contributed by atoms with van der Waals surface area (Å²) in [6.07, 6.45) is 4.37. The van der Waals surface area contributed by atoms with Crippen LogP contribution in [0.5, 0.6) is 0 Å². The molecule has 110 valence electrons. The number of hydrogen-bond acceptors (Lipinski definition) is 4. The molecule has 0 radical (unpaired) electrons. The van der Waals surface area contributed by atoms with E-state index in [1.807, 2.05) is 28.9 Å². The third kappa shape index (κ3) is 2.28. The first-order chi connectivity index (χ1) is 10.8. The van der Waals surface area contributed by atoms with E-state index in [1.165, 1.54) is 11.3 Å². The Labute approximate surface area is 133 Å². The van der Waals surface area contributed by atoms with E-state index < -0.39 is 0 Å². The van der Waals surface area contributed by atoms with Crippen molar-refractivity contribution in [2.24, 2.45) is 0 Å². The first kappa shape index (κ1) is 13.4. The Morgan fingerprint density at radius 1 is 1.14 bits per heavy atom. The Balaban J connectivity index is 1.91. The molecule has 1 aliphatic rings. The van der Waals surface area contributed by atoms with Gasteiger partial charge in [-0.15, -0.1) is 0 Å². The number of benzene rings is 1. The SMILES string of the molecule is Clc1cccc(-c2nn(-c3ncccn3)c3c2CNCC3)c1. The van der Waals surface area contributed by atoms with Crippen molar-refractivity contribution in [1.82, 2.24) is 25.1 Å². The van der Waals surface area contributed by atoms with Gasteiger partial charge in [-0.3, -0.25) is 0 Å². The molecule has 2 aromatic heterocycles. The largest absolute Gasteiger partial charge is 0.312 e. The zero-order valence-corrected chi connectivity index (χ0v) is 12.6. The molecular weight excluding hydrogens is 298 g/mol. The molecule has 1 aromatic carbocycles. The Morgan fingerprint density at radius 2 is 2.00 bits per heavy atom. The van der Waals surface area contributed by atoms with Crippen LogP contribution < -0.4 is 5.32 Å². The number of rotatable bonds is 2. The van der Waals surface area contributed by atoms with Crippen molar-refractivity contribution in [3.8, 4) is 17.2 Å².